The van der Waals surface area contributed by atoms with E-state index in [0.717, 1.165) is 38.6 Å². The largest absolute Gasteiger partial charge is 0.478 e. The van der Waals surface area contributed by atoms with Crippen molar-refractivity contribution in [2.45, 2.75) is 45.4 Å². The number of carbonyl (C=O) groups is 1. The monoisotopic (exact) mass is 347 g/mol. The summed E-state index contributed by atoms with van der Waals surface area (Å²) in [5.74, 6) is -0.570. The lowest BCUT2D eigenvalue weighted by Crippen LogP contribution is -2.18. The minimum absolute atomic E-state index is 0.153. The molecule has 1 atom stereocenters. The van der Waals surface area contributed by atoms with Gasteiger partial charge in [-0.05, 0) is 47.9 Å². The number of nitrogens with zero attached hydrogens (tertiary/aromatic N) is 1. The molecule has 3 rings (SSSR count). The predicted octanol–water partition coefficient (Wildman–Crippen LogP) is 4.79. The highest BCUT2D eigenvalue weighted by Crippen LogP contribution is 2.48. The summed E-state index contributed by atoms with van der Waals surface area (Å²) < 4.78 is 0.889. The number of aryl methyl sites for hydroxylation is 1. The molecule has 1 unspecified atom stereocenters. The Bertz CT molecular complexity index is 780. The third-order valence-corrected chi connectivity index (χ3v) is 4.90. The highest BCUT2D eigenvalue weighted by Gasteiger charge is 2.40. The second kappa shape index (κ2) is 4.54. The Labute approximate surface area is 132 Å². The molecule has 3 nitrogen and oxygen atoms in total. The van der Waals surface area contributed by atoms with Gasteiger partial charge in [0.1, 0.15) is 0 Å². The number of rotatable bonds is 1. The SMILES string of the molecule is Cc1cc(Br)cc2c(C(=O)O)c3c(nc12)C(C)CC3(C)C. The lowest BCUT2D eigenvalue weighted by molar-refractivity contribution is 0.0696. The van der Waals surface area contributed by atoms with Crippen LogP contribution in [0, 0.1) is 6.92 Å². The van der Waals surface area contributed by atoms with Crippen LogP contribution < -0.4 is 0 Å². The van der Waals surface area contributed by atoms with Gasteiger partial charge in [0.25, 0.3) is 0 Å². The maximum atomic E-state index is 11.9. The first-order valence-corrected chi connectivity index (χ1v) is 7.89. The van der Waals surface area contributed by atoms with Crippen LogP contribution in [0.15, 0.2) is 16.6 Å². The summed E-state index contributed by atoms with van der Waals surface area (Å²) in [6.45, 7) is 8.33. The zero-order chi connectivity index (χ0) is 15.5. The van der Waals surface area contributed by atoms with E-state index < -0.39 is 5.97 Å². The molecule has 0 aliphatic heterocycles. The minimum atomic E-state index is -0.863. The second-order valence-corrected chi connectivity index (χ2v) is 7.58. The van der Waals surface area contributed by atoms with Gasteiger partial charge in [0.05, 0.1) is 11.1 Å². The highest BCUT2D eigenvalue weighted by atomic mass is 79.9. The lowest BCUT2D eigenvalue weighted by Gasteiger charge is -2.22. The van der Waals surface area contributed by atoms with Crippen LogP contribution in [0.5, 0.6) is 0 Å². The van der Waals surface area contributed by atoms with Crippen molar-refractivity contribution in [2.24, 2.45) is 0 Å². The molecule has 0 saturated carbocycles. The first kappa shape index (κ1) is 14.5. The van der Waals surface area contributed by atoms with Crippen LogP contribution >= 0.6 is 15.9 Å². The minimum Gasteiger partial charge on any atom is -0.478 e. The highest BCUT2D eigenvalue weighted by molar-refractivity contribution is 9.10. The molecule has 0 fully saturated rings. The van der Waals surface area contributed by atoms with Crippen LogP contribution in [-0.4, -0.2) is 16.1 Å². The van der Waals surface area contributed by atoms with E-state index in [9.17, 15) is 9.90 Å². The van der Waals surface area contributed by atoms with Crippen molar-refractivity contribution in [1.82, 2.24) is 4.98 Å². The Balaban J connectivity index is 2.54. The number of pyridine rings is 1. The number of benzene rings is 1. The first-order chi connectivity index (χ1) is 9.72. The van der Waals surface area contributed by atoms with Crippen molar-refractivity contribution in [3.8, 4) is 0 Å². The van der Waals surface area contributed by atoms with E-state index in [1.165, 1.54) is 0 Å². The van der Waals surface area contributed by atoms with Crippen molar-refractivity contribution in [2.75, 3.05) is 0 Å². The van der Waals surface area contributed by atoms with Gasteiger partial charge in [-0.1, -0.05) is 36.7 Å². The number of carboxylic acid groups (broad SMARTS) is 1. The Kier molecular flexibility index (Phi) is 3.14. The molecule has 4 heteroatoms. The number of halogens is 1. The molecular formula is C17H18BrNO2. The molecule has 1 N–H and O–H groups in total. The molecule has 110 valence electrons. The second-order valence-electron chi connectivity index (χ2n) is 6.66. The molecule has 0 spiro atoms. The van der Waals surface area contributed by atoms with Crippen LogP contribution in [0.25, 0.3) is 10.9 Å². The van der Waals surface area contributed by atoms with Crippen molar-refractivity contribution in [3.63, 3.8) is 0 Å². The Morgan fingerprint density at radius 1 is 1.43 bits per heavy atom. The van der Waals surface area contributed by atoms with Gasteiger partial charge in [0, 0.05) is 15.6 Å². The number of aromatic carboxylic acids is 1. The van der Waals surface area contributed by atoms with Crippen molar-refractivity contribution >= 4 is 32.8 Å². The van der Waals surface area contributed by atoms with Crippen LogP contribution in [0.2, 0.25) is 0 Å². The van der Waals surface area contributed by atoms with E-state index in [1.807, 2.05) is 19.1 Å². The van der Waals surface area contributed by atoms with Crippen LogP contribution in [-0.2, 0) is 5.41 Å². The average molecular weight is 348 g/mol. The predicted molar refractivity (Wildman–Crippen MR) is 87.2 cm³/mol. The van der Waals surface area contributed by atoms with Crippen LogP contribution in [0.1, 0.15) is 60.3 Å². The van der Waals surface area contributed by atoms with Gasteiger partial charge in [-0.15, -0.1) is 0 Å². The average Bonchev–Trinajstić information content (AvgIpc) is 2.57. The van der Waals surface area contributed by atoms with Gasteiger partial charge in [0.2, 0.25) is 0 Å². The summed E-state index contributed by atoms with van der Waals surface area (Å²) in [7, 11) is 0. The van der Waals surface area contributed by atoms with Gasteiger partial charge < -0.3 is 5.11 Å². The summed E-state index contributed by atoms with van der Waals surface area (Å²) in [4.78, 5) is 16.8. The Morgan fingerprint density at radius 2 is 2.10 bits per heavy atom. The number of aromatic nitrogens is 1. The number of fused-ring (bicyclic) bond motifs is 2. The Morgan fingerprint density at radius 3 is 2.71 bits per heavy atom. The molecule has 0 radical (unpaired) electrons. The first-order valence-electron chi connectivity index (χ1n) is 7.10. The maximum absolute atomic E-state index is 11.9. The van der Waals surface area contributed by atoms with E-state index >= 15 is 0 Å². The molecule has 1 aliphatic carbocycles. The summed E-state index contributed by atoms with van der Waals surface area (Å²) >= 11 is 3.47. The fourth-order valence-electron chi connectivity index (χ4n) is 3.74. The quantitative estimate of drug-likeness (QED) is 0.806. The third-order valence-electron chi connectivity index (χ3n) is 4.45. The molecule has 1 aromatic heterocycles. The summed E-state index contributed by atoms with van der Waals surface area (Å²) in [5.41, 5.74) is 3.94. The normalized spacial score (nSPS) is 19.8. The number of carboxylic acids is 1. The molecule has 2 aromatic rings. The number of hydrogen-bond donors (Lipinski definition) is 1. The molecule has 1 aliphatic rings. The van der Waals surface area contributed by atoms with Gasteiger partial charge in [-0.3, -0.25) is 4.98 Å². The van der Waals surface area contributed by atoms with E-state index in [0.29, 0.717) is 11.5 Å². The van der Waals surface area contributed by atoms with Crippen molar-refractivity contribution < 1.29 is 9.90 Å². The van der Waals surface area contributed by atoms with Gasteiger partial charge >= 0.3 is 5.97 Å². The molecule has 1 aromatic carbocycles. The van der Waals surface area contributed by atoms with E-state index in [4.69, 9.17) is 4.98 Å². The summed E-state index contributed by atoms with van der Waals surface area (Å²) in [5, 5.41) is 10.5. The lowest BCUT2D eigenvalue weighted by atomic mass is 9.82. The molecule has 0 saturated heterocycles. The molecule has 0 bridgehead atoms. The zero-order valence-electron chi connectivity index (χ0n) is 12.6. The summed E-state index contributed by atoms with van der Waals surface area (Å²) in [6, 6.07) is 3.86. The van der Waals surface area contributed by atoms with Gasteiger partial charge in [-0.25, -0.2) is 4.79 Å². The van der Waals surface area contributed by atoms with E-state index in [2.05, 4.69) is 36.7 Å². The molecule has 1 heterocycles. The molecule has 0 amide bonds. The maximum Gasteiger partial charge on any atom is 0.336 e. The van der Waals surface area contributed by atoms with E-state index in [1.54, 1.807) is 0 Å². The topological polar surface area (TPSA) is 50.2 Å². The van der Waals surface area contributed by atoms with Crippen LogP contribution in [0.3, 0.4) is 0 Å². The van der Waals surface area contributed by atoms with E-state index in [-0.39, 0.29) is 5.41 Å². The standard InChI is InChI=1S/C17H18BrNO2/c1-8-5-10(18)6-11-12(16(20)21)13-15(19-14(8)11)9(2)7-17(13,3)4/h5-6,9H,7H2,1-4H3,(H,20,21). The third kappa shape index (κ3) is 2.08. The zero-order valence-corrected chi connectivity index (χ0v) is 14.2. The Hall–Kier alpha value is -1.42. The smallest absolute Gasteiger partial charge is 0.336 e. The fraction of sp³-hybridized carbons (Fsp3) is 0.412. The van der Waals surface area contributed by atoms with Crippen LogP contribution in [0.4, 0.5) is 0 Å². The molecular weight excluding hydrogens is 330 g/mol. The summed E-state index contributed by atoms with van der Waals surface area (Å²) in [6.07, 6.45) is 0.937. The van der Waals surface area contributed by atoms with Crippen molar-refractivity contribution in [1.29, 1.82) is 0 Å². The van der Waals surface area contributed by atoms with Gasteiger partial charge in [0.15, 0.2) is 0 Å². The fourth-order valence-corrected chi connectivity index (χ4v) is 4.31. The molecule has 21 heavy (non-hydrogen) atoms. The van der Waals surface area contributed by atoms with Gasteiger partial charge in [-0.2, -0.15) is 0 Å². The van der Waals surface area contributed by atoms with Crippen molar-refractivity contribution in [3.05, 3.63) is 39.0 Å². The number of hydrogen-bond acceptors (Lipinski definition) is 2.